The zero-order valence-corrected chi connectivity index (χ0v) is 14.9. The highest BCUT2D eigenvalue weighted by Crippen LogP contribution is 2.19. The van der Waals surface area contributed by atoms with E-state index in [0.717, 1.165) is 24.8 Å². The number of thioether (sulfide) groups is 1. The van der Waals surface area contributed by atoms with Crippen LogP contribution in [0, 0.1) is 5.92 Å². The second kappa shape index (κ2) is 12.8. The number of carbonyl (C=O) groups is 2. The third kappa shape index (κ3) is 9.84. The molecule has 1 amide bonds. The van der Waals surface area contributed by atoms with Gasteiger partial charge in [0, 0.05) is 6.54 Å². The molecule has 1 atom stereocenters. The first-order valence-electron chi connectivity index (χ1n) is 7.70. The Morgan fingerprint density at radius 2 is 2.04 bits per heavy atom. The molecule has 1 unspecified atom stereocenters. The van der Waals surface area contributed by atoms with E-state index in [9.17, 15) is 9.59 Å². The van der Waals surface area contributed by atoms with E-state index in [1.807, 2.05) is 19.1 Å². The summed E-state index contributed by atoms with van der Waals surface area (Å²) in [5, 5.41) is 20.2. The molecule has 0 aliphatic heterocycles. The van der Waals surface area contributed by atoms with Crippen molar-refractivity contribution in [3.8, 4) is 0 Å². The molecular formula is C17H27NO4S. The first-order valence-corrected chi connectivity index (χ1v) is 8.92. The number of allylic oxidation sites excluding steroid dienone is 4. The van der Waals surface area contributed by atoms with Gasteiger partial charge in [0.1, 0.15) is 0 Å². The van der Waals surface area contributed by atoms with Crippen molar-refractivity contribution in [3.05, 3.63) is 35.0 Å². The van der Waals surface area contributed by atoms with Crippen LogP contribution in [0.1, 0.15) is 39.5 Å². The zero-order valence-electron chi connectivity index (χ0n) is 14.0. The van der Waals surface area contributed by atoms with Gasteiger partial charge < -0.3 is 15.5 Å². The van der Waals surface area contributed by atoms with E-state index in [4.69, 9.17) is 10.2 Å². The quantitative estimate of drug-likeness (QED) is 0.303. The summed E-state index contributed by atoms with van der Waals surface area (Å²) in [6, 6.07) is 0. The summed E-state index contributed by atoms with van der Waals surface area (Å²) in [6.45, 7) is 4.23. The molecular weight excluding hydrogens is 314 g/mol. The number of carboxylic acid groups (broad SMARTS) is 1. The summed E-state index contributed by atoms with van der Waals surface area (Å²) in [5.41, 5.74) is 1.04. The average Bonchev–Trinajstić information content (AvgIpc) is 2.51. The lowest BCUT2D eigenvalue weighted by Gasteiger charge is -2.11. The van der Waals surface area contributed by atoms with Crippen molar-refractivity contribution < 1.29 is 19.8 Å². The van der Waals surface area contributed by atoms with Crippen molar-refractivity contribution in [1.29, 1.82) is 0 Å². The van der Waals surface area contributed by atoms with Gasteiger partial charge in [0.2, 0.25) is 0 Å². The number of aliphatic hydroxyl groups is 1. The molecule has 0 heterocycles. The molecule has 0 bridgehead atoms. The van der Waals surface area contributed by atoms with Crippen LogP contribution in [-0.2, 0) is 9.59 Å². The fourth-order valence-corrected chi connectivity index (χ4v) is 2.43. The maximum absolute atomic E-state index is 11.8. The van der Waals surface area contributed by atoms with E-state index in [0.29, 0.717) is 10.8 Å². The molecule has 3 N–H and O–H groups in total. The molecule has 5 nitrogen and oxygen atoms in total. The molecule has 0 radical (unpaired) electrons. The van der Waals surface area contributed by atoms with Crippen molar-refractivity contribution in [2.45, 2.75) is 39.5 Å². The Kier molecular flexibility index (Phi) is 11.9. The molecule has 0 saturated heterocycles. The van der Waals surface area contributed by atoms with Crippen LogP contribution in [0.15, 0.2) is 35.0 Å². The number of rotatable bonds is 11. The van der Waals surface area contributed by atoms with E-state index in [-0.39, 0.29) is 18.9 Å². The SMILES string of the molecule is CC/C(=C/O)C(C)CC/C=C/C=C(\SC)C(=O)NCCC(=O)O. The molecule has 0 aliphatic carbocycles. The highest BCUT2D eigenvalue weighted by Gasteiger charge is 2.08. The summed E-state index contributed by atoms with van der Waals surface area (Å²) in [6.07, 6.45) is 11.1. The molecule has 0 aliphatic rings. The fraction of sp³-hybridized carbons (Fsp3) is 0.529. The Labute approximate surface area is 142 Å². The molecule has 0 aromatic rings. The summed E-state index contributed by atoms with van der Waals surface area (Å²) >= 11 is 1.32. The Bertz CT molecular complexity index is 469. The van der Waals surface area contributed by atoms with Gasteiger partial charge in [0.25, 0.3) is 5.91 Å². The van der Waals surface area contributed by atoms with Gasteiger partial charge in [-0.25, -0.2) is 0 Å². The van der Waals surface area contributed by atoms with Gasteiger partial charge >= 0.3 is 5.97 Å². The van der Waals surface area contributed by atoms with Gasteiger partial charge in [0.05, 0.1) is 17.6 Å². The van der Waals surface area contributed by atoms with Crippen LogP contribution in [0.25, 0.3) is 0 Å². The number of aliphatic carboxylic acids is 1. The Balaban J connectivity index is 4.31. The summed E-state index contributed by atoms with van der Waals surface area (Å²) in [7, 11) is 0. The zero-order chi connectivity index (χ0) is 17.7. The largest absolute Gasteiger partial charge is 0.516 e. The lowest BCUT2D eigenvalue weighted by molar-refractivity contribution is -0.136. The molecule has 130 valence electrons. The van der Waals surface area contributed by atoms with Crippen molar-refractivity contribution in [2.24, 2.45) is 5.92 Å². The van der Waals surface area contributed by atoms with Crippen LogP contribution >= 0.6 is 11.8 Å². The number of carbonyl (C=O) groups excluding carboxylic acids is 1. The molecule has 23 heavy (non-hydrogen) atoms. The van der Waals surface area contributed by atoms with Crippen LogP contribution in [0.2, 0.25) is 0 Å². The van der Waals surface area contributed by atoms with Crippen molar-refractivity contribution in [3.63, 3.8) is 0 Å². The molecule has 0 saturated carbocycles. The van der Waals surface area contributed by atoms with E-state index < -0.39 is 5.97 Å². The monoisotopic (exact) mass is 341 g/mol. The number of hydrogen-bond donors (Lipinski definition) is 3. The Morgan fingerprint density at radius 3 is 2.57 bits per heavy atom. The van der Waals surface area contributed by atoms with Crippen LogP contribution < -0.4 is 5.32 Å². The molecule has 0 fully saturated rings. The van der Waals surface area contributed by atoms with Crippen LogP contribution in [-0.4, -0.2) is 34.9 Å². The summed E-state index contributed by atoms with van der Waals surface area (Å²) in [4.78, 5) is 22.8. The van der Waals surface area contributed by atoms with Crippen LogP contribution in [0.3, 0.4) is 0 Å². The van der Waals surface area contributed by atoms with E-state index in [1.165, 1.54) is 18.0 Å². The average molecular weight is 341 g/mol. The van der Waals surface area contributed by atoms with Gasteiger partial charge in [-0.1, -0.05) is 26.0 Å². The summed E-state index contributed by atoms with van der Waals surface area (Å²) in [5.74, 6) is -0.858. The van der Waals surface area contributed by atoms with Gasteiger partial charge in [-0.2, -0.15) is 0 Å². The number of aliphatic hydroxyl groups excluding tert-OH is 1. The lowest BCUT2D eigenvalue weighted by atomic mass is 9.95. The number of amides is 1. The number of hydrogen-bond acceptors (Lipinski definition) is 4. The maximum atomic E-state index is 11.8. The molecule has 6 heteroatoms. The number of nitrogens with one attached hydrogen (secondary N) is 1. The van der Waals surface area contributed by atoms with E-state index >= 15 is 0 Å². The first kappa shape index (κ1) is 21.3. The Morgan fingerprint density at radius 1 is 1.35 bits per heavy atom. The highest BCUT2D eigenvalue weighted by atomic mass is 32.2. The predicted molar refractivity (Wildman–Crippen MR) is 95.4 cm³/mol. The molecule has 0 spiro atoms. The topological polar surface area (TPSA) is 86.6 Å². The predicted octanol–water partition coefficient (Wildman–Crippen LogP) is 3.65. The molecule has 0 rings (SSSR count). The summed E-state index contributed by atoms with van der Waals surface area (Å²) < 4.78 is 0. The second-order valence-corrected chi connectivity index (χ2v) is 5.95. The van der Waals surface area contributed by atoms with E-state index in [2.05, 4.69) is 12.2 Å². The standard InChI is InChI=1S/C17H27NO4S/c1-4-14(12-19)13(2)8-6-5-7-9-15(23-3)17(22)18-11-10-16(20)21/h5,7,9,12-13,19H,4,6,8,10-11H2,1-3H3,(H,18,22)(H,20,21)/b7-5+,14-12-,15-9-. The van der Waals surface area contributed by atoms with E-state index in [1.54, 1.807) is 12.3 Å². The molecule has 0 aromatic heterocycles. The van der Waals surface area contributed by atoms with Crippen molar-refractivity contribution in [2.75, 3.05) is 12.8 Å². The minimum atomic E-state index is -0.933. The normalized spacial score (nSPS) is 14.0. The van der Waals surface area contributed by atoms with Gasteiger partial charge in [-0.3, -0.25) is 9.59 Å². The second-order valence-electron chi connectivity index (χ2n) is 5.10. The Hall–Kier alpha value is -1.69. The number of carboxylic acids is 1. The smallest absolute Gasteiger partial charge is 0.305 e. The van der Waals surface area contributed by atoms with Gasteiger partial charge in [0.15, 0.2) is 0 Å². The lowest BCUT2D eigenvalue weighted by Crippen LogP contribution is -2.26. The fourth-order valence-electron chi connectivity index (χ4n) is 1.96. The maximum Gasteiger partial charge on any atom is 0.305 e. The van der Waals surface area contributed by atoms with Crippen molar-refractivity contribution in [1.82, 2.24) is 5.32 Å². The van der Waals surface area contributed by atoms with Gasteiger partial charge in [-0.05, 0) is 43.1 Å². The van der Waals surface area contributed by atoms with Crippen LogP contribution in [0.4, 0.5) is 0 Å². The third-order valence-corrected chi connectivity index (χ3v) is 4.19. The molecule has 0 aromatic carbocycles. The highest BCUT2D eigenvalue weighted by molar-refractivity contribution is 8.03. The van der Waals surface area contributed by atoms with Crippen molar-refractivity contribution >= 4 is 23.6 Å². The minimum absolute atomic E-state index is 0.0841. The van der Waals surface area contributed by atoms with Crippen LogP contribution in [0.5, 0.6) is 0 Å². The first-order chi connectivity index (χ1) is 11.0. The third-order valence-electron chi connectivity index (χ3n) is 3.43. The minimum Gasteiger partial charge on any atom is -0.516 e. The van der Waals surface area contributed by atoms with Gasteiger partial charge in [-0.15, -0.1) is 11.8 Å².